The maximum Gasteiger partial charge on any atom is 0.155 e. The summed E-state index contributed by atoms with van der Waals surface area (Å²) in [6.45, 7) is 0. The zero-order valence-corrected chi connectivity index (χ0v) is 8.33. The van der Waals surface area contributed by atoms with E-state index >= 15 is 0 Å². The summed E-state index contributed by atoms with van der Waals surface area (Å²) in [6, 6.07) is 0.550. The lowest BCUT2D eigenvalue weighted by molar-refractivity contribution is 0.0539. The average molecular weight is 201 g/mol. The van der Waals surface area contributed by atoms with Crippen LogP contribution in [-0.2, 0) is 0 Å². The third-order valence-corrected chi connectivity index (χ3v) is 3.54. The van der Waals surface area contributed by atoms with Gasteiger partial charge in [0.2, 0.25) is 0 Å². The molecule has 3 N–H and O–H groups in total. The molecule has 1 aliphatic carbocycles. The van der Waals surface area contributed by atoms with Crippen LogP contribution in [-0.4, -0.2) is 20.0 Å². The molecule has 0 unspecified atom stereocenters. The topological polar surface area (TPSA) is 52.7 Å². The summed E-state index contributed by atoms with van der Waals surface area (Å²) in [7, 11) is 0. The summed E-state index contributed by atoms with van der Waals surface area (Å²) in [6.07, 6.45) is 8.18. The molecule has 74 valence electrons. The predicted octanol–water partition coefficient (Wildman–Crippen LogP) is 1.65. The van der Waals surface area contributed by atoms with Crippen molar-refractivity contribution in [2.45, 2.75) is 38.1 Å². The van der Waals surface area contributed by atoms with Crippen molar-refractivity contribution in [3.63, 3.8) is 0 Å². The smallest absolute Gasteiger partial charge is 0.155 e. The minimum Gasteiger partial charge on any atom is -0.382 e. The van der Waals surface area contributed by atoms with E-state index in [2.05, 4.69) is 4.31 Å². The minimum atomic E-state index is 0.426. The van der Waals surface area contributed by atoms with Crippen molar-refractivity contribution in [1.29, 1.82) is 0 Å². The molecule has 1 fully saturated rings. The van der Waals surface area contributed by atoms with Crippen LogP contribution in [0.15, 0.2) is 12.0 Å². The zero-order chi connectivity index (χ0) is 9.26. The first-order valence-electron chi connectivity index (χ1n) is 4.70. The van der Waals surface area contributed by atoms with E-state index in [1.54, 1.807) is 0 Å². The molecule has 0 saturated heterocycles. The number of hydrogen-bond acceptors (Lipinski definition) is 5. The van der Waals surface area contributed by atoms with Gasteiger partial charge in [-0.25, -0.2) is 0 Å². The molecule has 2 rings (SSSR count). The van der Waals surface area contributed by atoms with Gasteiger partial charge < -0.3 is 5.73 Å². The van der Waals surface area contributed by atoms with E-state index in [1.165, 1.54) is 44.2 Å². The van der Waals surface area contributed by atoms with E-state index in [0.29, 0.717) is 11.9 Å². The van der Waals surface area contributed by atoms with Crippen molar-refractivity contribution in [2.24, 2.45) is 5.73 Å². The minimum absolute atomic E-state index is 0.426. The molecule has 0 aromatic heterocycles. The summed E-state index contributed by atoms with van der Waals surface area (Å²) in [5.41, 5.74) is 5.55. The first-order chi connectivity index (χ1) is 6.27. The van der Waals surface area contributed by atoms with Crippen molar-refractivity contribution in [3.05, 3.63) is 12.0 Å². The van der Waals surface area contributed by atoms with Gasteiger partial charge in [-0.3, -0.25) is 9.51 Å². The van der Waals surface area contributed by atoms with Gasteiger partial charge in [-0.1, -0.05) is 19.3 Å². The highest BCUT2D eigenvalue weighted by atomic mass is 32.2. The van der Waals surface area contributed by atoms with Crippen LogP contribution in [0.25, 0.3) is 0 Å². The Morgan fingerprint density at radius 2 is 2.08 bits per heavy atom. The summed E-state index contributed by atoms with van der Waals surface area (Å²) in [4.78, 5) is 0. The van der Waals surface area contributed by atoms with Gasteiger partial charge in [0, 0.05) is 6.04 Å². The molecule has 1 aliphatic heterocycles. The Morgan fingerprint density at radius 3 is 2.62 bits per heavy atom. The van der Waals surface area contributed by atoms with Gasteiger partial charge in [0.1, 0.15) is 0 Å². The molecule has 1 heterocycles. The number of hydrogen-bond donors (Lipinski definition) is 2. The molecule has 1 saturated carbocycles. The molecule has 0 aromatic rings. The third-order valence-electron chi connectivity index (χ3n) is 2.59. The van der Waals surface area contributed by atoms with Crippen molar-refractivity contribution in [3.8, 4) is 0 Å². The maximum absolute atomic E-state index is 9.26. The fraction of sp³-hybridized carbons (Fsp3) is 0.750. The Balaban J connectivity index is 1.94. The summed E-state index contributed by atoms with van der Waals surface area (Å²) >= 11 is 1.28. The van der Waals surface area contributed by atoms with Gasteiger partial charge >= 0.3 is 0 Å². The standard InChI is InChI=1S/C8H15N3OS/c9-8-6-10(13-11(8)12)7-4-2-1-3-5-7/h6-7,12H,1-5,9H2. The molecular formula is C8H15N3OS. The lowest BCUT2D eigenvalue weighted by Crippen LogP contribution is -2.26. The fourth-order valence-corrected chi connectivity index (χ4v) is 2.67. The van der Waals surface area contributed by atoms with Crippen molar-refractivity contribution in [1.82, 2.24) is 8.77 Å². The first-order valence-corrected chi connectivity index (χ1v) is 5.43. The molecule has 0 radical (unpaired) electrons. The number of nitrogens with two attached hydrogens (primary N) is 1. The Bertz CT molecular complexity index is 215. The Morgan fingerprint density at radius 1 is 1.38 bits per heavy atom. The summed E-state index contributed by atoms with van der Waals surface area (Å²) < 4.78 is 3.09. The van der Waals surface area contributed by atoms with Crippen LogP contribution in [0, 0.1) is 0 Å². The Hall–Kier alpha value is -0.550. The lowest BCUT2D eigenvalue weighted by atomic mass is 9.96. The molecule has 13 heavy (non-hydrogen) atoms. The highest BCUT2D eigenvalue weighted by molar-refractivity contribution is 7.95. The fourth-order valence-electron chi connectivity index (χ4n) is 1.85. The van der Waals surface area contributed by atoms with Crippen LogP contribution in [0.4, 0.5) is 0 Å². The third kappa shape index (κ3) is 1.86. The SMILES string of the molecule is NC1=CN(C2CCCCC2)SN1O. The molecule has 4 nitrogen and oxygen atoms in total. The molecule has 0 spiro atoms. The van der Waals surface area contributed by atoms with Gasteiger partial charge in [-0.15, -0.1) is 0 Å². The highest BCUT2D eigenvalue weighted by Crippen LogP contribution is 2.33. The molecular weight excluding hydrogens is 186 g/mol. The normalized spacial score (nSPS) is 25.2. The second-order valence-electron chi connectivity index (χ2n) is 3.56. The van der Waals surface area contributed by atoms with Gasteiger partial charge in [-0.2, -0.15) is 4.47 Å². The molecule has 0 bridgehead atoms. The largest absolute Gasteiger partial charge is 0.382 e. The summed E-state index contributed by atoms with van der Waals surface area (Å²) in [5, 5.41) is 9.26. The Kier molecular flexibility index (Phi) is 2.55. The van der Waals surface area contributed by atoms with Crippen LogP contribution >= 0.6 is 12.1 Å². The van der Waals surface area contributed by atoms with Crippen LogP contribution in [0.3, 0.4) is 0 Å². The average Bonchev–Trinajstić information content (AvgIpc) is 2.49. The van der Waals surface area contributed by atoms with E-state index in [0.717, 1.165) is 4.47 Å². The molecule has 2 aliphatic rings. The second-order valence-corrected chi connectivity index (χ2v) is 4.49. The highest BCUT2D eigenvalue weighted by Gasteiger charge is 2.26. The van der Waals surface area contributed by atoms with Gasteiger partial charge in [-0.05, 0) is 12.8 Å². The second kappa shape index (κ2) is 3.67. The van der Waals surface area contributed by atoms with Crippen LogP contribution in [0.2, 0.25) is 0 Å². The van der Waals surface area contributed by atoms with E-state index in [4.69, 9.17) is 5.73 Å². The number of nitrogens with zero attached hydrogens (tertiary/aromatic N) is 2. The first kappa shape index (κ1) is 9.02. The van der Waals surface area contributed by atoms with Crippen LogP contribution < -0.4 is 5.73 Å². The zero-order valence-electron chi connectivity index (χ0n) is 7.52. The molecule has 5 heteroatoms. The van der Waals surface area contributed by atoms with E-state index in [-0.39, 0.29) is 0 Å². The van der Waals surface area contributed by atoms with Gasteiger partial charge in [0.25, 0.3) is 0 Å². The van der Waals surface area contributed by atoms with Crippen molar-refractivity contribution < 1.29 is 5.21 Å². The van der Waals surface area contributed by atoms with Crippen LogP contribution in [0.1, 0.15) is 32.1 Å². The van der Waals surface area contributed by atoms with Crippen molar-refractivity contribution >= 4 is 12.1 Å². The number of hydroxylamine groups is 1. The predicted molar refractivity (Wildman–Crippen MR) is 52.2 cm³/mol. The van der Waals surface area contributed by atoms with Gasteiger partial charge in [0.05, 0.1) is 18.3 Å². The molecule has 0 atom stereocenters. The van der Waals surface area contributed by atoms with Crippen LogP contribution in [0.5, 0.6) is 0 Å². The lowest BCUT2D eigenvalue weighted by Gasteiger charge is -2.29. The maximum atomic E-state index is 9.26. The quantitative estimate of drug-likeness (QED) is 0.632. The van der Waals surface area contributed by atoms with Crippen molar-refractivity contribution in [2.75, 3.05) is 0 Å². The van der Waals surface area contributed by atoms with Gasteiger partial charge in [0.15, 0.2) is 5.82 Å². The Labute approximate surface area is 82.6 Å². The van der Waals surface area contributed by atoms with E-state index < -0.39 is 0 Å². The summed E-state index contributed by atoms with van der Waals surface area (Å²) in [5.74, 6) is 0.426. The van der Waals surface area contributed by atoms with E-state index in [9.17, 15) is 5.21 Å². The molecule has 0 amide bonds. The monoisotopic (exact) mass is 201 g/mol. The molecule has 0 aromatic carbocycles. The number of rotatable bonds is 1. The van der Waals surface area contributed by atoms with E-state index in [1.807, 2.05) is 6.20 Å².